The van der Waals surface area contributed by atoms with Gasteiger partial charge in [-0.15, -0.1) is 0 Å². The summed E-state index contributed by atoms with van der Waals surface area (Å²) in [5.74, 6) is -0.220. The maximum absolute atomic E-state index is 12.7. The average molecular weight is 753 g/mol. The number of amides is 1. The second-order valence-electron chi connectivity index (χ2n) is 14.2. The third-order valence-corrected chi connectivity index (χ3v) is 10.1. The van der Waals surface area contributed by atoms with Gasteiger partial charge in [-0.3, -0.25) is 13.8 Å². The Morgan fingerprint density at radius 3 is 1.52 bits per heavy atom. The minimum Gasteiger partial charge on any atom is -0.387 e. The number of carbonyl (C=O) groups excluding carboxylic acids is 1. The molecule has 0 aliphatic heterocycles. The van der Waals surface area contributed by atoms with Crippen LogP contribution in [0.5, 0.6) is 0 Å². The molecular weight excluding hydrogens is 671 g/mol. The Morgan fingerprint density at radius 1 is 0.615 bits per heavy atom. The quantitative estimate of drug-likeness (QED) is 0.0279. The molecule has 0 fully saturated rings. The van der Waals surface area contributed by atoms with Crippen molar-refractivity contribution in [3.8, 4) is 0 Å². The molecule has 0 aliphatic carbocycles. The summed E-state index contributed by atoms with van der Waals surface area (Å²) in [6.45, 7) is 4.06. The molecule has 3 unspecified atom stereocenters. The van der Waals surface area contributed by atoms with E-state index in [1.165, 1.54) is 103 Å². The van der Waals surface area contributed by atoms with Gasteiger partial charge in [0.25, 0.3) is 0 Å². The summed E-state index contributed by atoms with van der Waals surface area (Å²) >= 11 is 0. The summed E-state index contributed by atoms with van der Waals surface area (Å²) < 4.78 is 22.1. The zero-order valence-electron chi connectivity index (χ0n) is 33.5. The average Bonchev–Trinajstić information content (AvgIpc) is 3.13. The molecule has 0 aromatic carbocycles. The van der Waals surface area contributed by atoms with E-state index in [1.54, 1.807) is 6.08 Å². The van der Waals surface area contributed by atoms with Crippen LogP contribution in [0.2, 0.25) is 0 Å². The molecule has 0 radical (unpaired) electrons. The SMILES string of the molecule is CCCCC/C=C\CCCCCCCC(=O)NC(COP(=O)(O)OCCN)C(O)/C=C/CC/C=C/CC/C=C/CCCCCCCCCCCCC. The van der Waals surface area contributed by atoms with Crippen LogP contribution in [-0.4, -0.2) is 47.8 Å². The van der Waals surface area contributed by atoms with Crippen LogP contribution >= 0.6 is 7.82 Å². The number of unbranched alkanes of at least 4 members (excludes halogenated alkanes) is 21. The van der Waals surface area contributed by atoms with Gasteiger partial charge in [0.2, 0.25) is 5.91 Å². The predicted molar refractivity (Wildman–Crippen MR) is 221 cm³/mol. The number of carbonyl (C=O) groups is 1. The molecule has 0 heterocycles. The van der Waals surface area contributed by atoms with E-state index in [1.807, 2.05) is 6.08 Å². The first-order valence-electron chi connectivity index (χ1n) is 21.3. The molecule has 0 aromatic rings. The Bertz CT molecular complexity index is 954. The lowest BCUT2D eigenvalue weighted by Gasteiger charge is -2.23. The van der Waals surface area contributed by atoms with E-state index in [4.69, 9.17) is 14.8 Å². The smallest absolute Gasteiger partial charge is 0.387 e. The third-order valence-electron chi connectivity index (χ3n) is 9.10. The van der Waals surface area contributed by atoms with Gasteiger partial charge in [-0.05, 0) is 70.6 Å². The predicted octanol–water partition coefficient (Wildman–Crippen LogP) is 11.7. The van der Waals surface area contributed by atoms with Gasteiger partial charge in [-0.2, -0.15) is 0 Å². The van der Waals surface area contributed by atoms with Gasteiger partial charge in [-0.1, -0.05) is 159 Å². The highest BCUT2D eigenvalue weighted by Crippen LogP contribution is 2.43. The van der Waals surface area contributed by atoms with E-state index in [0.29, 0.717) is 6.42 Å². The van der Waals surface area contributed by atoms with Crippen molar-refractivity contribution in [3.63, 3.8) is 0 Å². The van der Waals surface area contributed by atoms with Gasteiger partial charge in [0.05, 0.1) is 25.4 Å². The van der Waals surface area contributed by atoms with Crippen molar-refractivity contribution in [1.82, 2.24) is 5.32 Å². The van der Waals surface area contributed by atoms with Crippen molar-refractivity contribution in [2.45, 2.75) is 199 Å². The number of hydrogen-bond acceptors (Lipinski definition) is 6. The summed E-state index contributed by atoms with van der Waals surface area (Å²) in [4.78, 5) is 22.6. The number of nitrogens with two attached hydrogens (primary N) is 1. The van der Waals surface area contributed by atoms with Crippen LogP contribution in [0.3, 0.4) is 0 Å². The van der Waals surface area contributed by atoms with Crippen molar-refractivity contribution in [2.75, 3.05) is 19.8 Å². The molecule has 8 nitrogen and oxygen atoms in total. The number of nitrogens with one attached hydrogen (secondary N) is 1. The topological polar surface area (TPSA) is 131 Å². The highest BCUT2D eigenvalue weighted by Gasteiger charge is 2.26. The molecule has 0 saturated carbocycles. The summed E-state index contributed by atoms with van der Waals surface area (Å²) in [5, 5.41) is 13.6. The normalized spacial score (nSPS) is 14.6. The van der Waals surface area contributed by atoms with E-state index in [0.717, 1.165) is 64.2 Å². The first kappa shape index (κ1) is 50.5. The Hall–Kier alpha value is -1.54. The van der Waals surface area contributed by atoms with Gasteiger partial charge >= 0.3 is 7.82 Å². The van der Waals surface area contributed by atoms with Gasteiger partial charge in [0, 0.05) is 13.0 Å². The van der Waals surface area contributed by atoms with Crippen molar-refractivity contribution >= 4 is 13.7 Å². The van der Waals surface area contributed by atoms with Crippen LogP contribution in [0.15, 0.2) is 48.6 Å². The zero-order valence-corrected chi connectivity index (χ0v) is 34.4. The van der Waals surface area contributed by atoms with Crippen molar-refractivity contribution in [3.05, 3.63) is 48.6 Å². The fraction of sp³-hybridized carbons (Fsp3) is 0.791. The third kappa shape index (κ3) is 36.8. The number of aliphatic hydroxyl groups excluding tert-OH is 1. The fourth-order valence-corrected chi connectivity index (χ4v) is 6.62. The van der Waals surface area contributed by atoms with Crippen LogP contribution in [0.25, 0.3) is 0 Å². The fourth-order valence-electron chi connectivity index (χ4n) is 5.86. The number of hydrogen-bond donors (Lipinski definition) is 4. The maximum atomic E-state index is 12.7. The lowest BCUT2D eigenvalue weighted by Crippen LogP contribution is -2.45. The van der Waals surface area contributed by atoms with E-state index in [9.17, 15) is 19.4 Å². The largest absolute Gasteiger partial charge is 0.472 e. The lowest BCUT2D eigenvalue weighted by atomic mass is 10.1. The summed E-state index contributed by atoms with van der Waals surface area (Å²) in [5.41, 5.74) is 5.36. The molecule has 0 aromatic heterocycles. The molecule has 9 heteroatoms. The molecule has 0 bridgehead atoms. The van der Waals surface area contributed by atoms with Crippen molar-refractivity contribution in [2.24, 2.45) is 5.73 Å². The maximum Gasteiger partial charge on any atom is 0.472 e. The first-order valence-corrected chi connectivity index (χ1v) is 22.8. The van der Waals surface area contributed by atoms with Crippen LogP contribution in [0.1, 0.15) is 187 Å². The van der Waals surface area contributed by atoms with Crippen LogP contribution < -0.4 is 11.1 Å². The minimum atomic E-state index is -4.35. The molecule has 0 rings (SSSR count). The second kappa shape index (κ2) is 39.2. The Labute approximate surface area is 320 Å². The van der Waals surface area contributed by atoms with E-state index in [2.05, 4.69) is 55.6 Å². The lowest BCUT2D eigenvalue weighted by molar-refractivity contribution is -0.123. The number of aliphatic hydroxyl groups is 1. The monoisotopic (exact) mass is 753 g/mol. The molecule has 0 saturated heterocycles. The van der Waals surface area contributed by atoms with E-state index in [-0.39, 0.29) is 25.7 Å². The number of phosphoric ester groups is 1. The van der Waals surface area contributed by atoms with Crippen molar-refractivity contribution in [1.29, 1.82) is 0 Å². The molecule has 1 amide bonds. The van der Waals surface area contributed by atoms with E-state index < -0.39 is 20.0 Å². The molecule has 5 N–H and O–H groups in total. The summed E-state index contributed by atoms with van der Waals surface area (Å²) in [6, 6.07) is -0.887. The standard InChI is InChI=1S/C43H81N2O6P/c1-3-5-7-9-11-13-15-17-18-19-20-21-22-23-24-25-26-28-30-32-34-36-42(46)41(40-51-52(48,49)50-39-38-44)45-43(47)37-35-33-31-29-27-16-14-12-10-8-6-4-2/h12,14,22-23,26,28,34,36,41-42,46H,3-11,13,15-21,24-25,27,29-33,35,37-40,44H2,1-2H3,(H,45,47)(H,48,49)/b14-12-,23-22+,28-26+,36-34+. The number of allylic oxidation sites excluding steroid dienone is 7. The molecule has 304 valence electrons. The summed E-state index contributed by atoms with van der Waals surface area (Å²) in [7, 11) is -4.35. The van der Waals surface area contributed by atoms with Crippen LogP contribution in [0, 0.1) is 0 Å². The highest BCUT2D eigenvalue weighted by molar-refractivity contribution is 7.47. The van der Waals surface area contributed by atoms with Crippen LogP contribution in [-0.2, 0) is 18.4 Å². The van der Waals surface area contributed by atoms with Crippen molar-refractivity contribution < 1.29 is 28.4 Å². The van der Waals surface area contributed by atoms with Gasteiger partial charge in [-0.25, -0.2) is 4.57 Å². The first-order chi connectivity index (χ1) is 25.4. The number of phosphoric acid groups is 1. The van der Waals surface area contributed by atoms with E-state index >= 15 is 0 Å². The molecular formula is C43H81N2O6P. The summed E-state index contributed by atoms with van der Waals surface area (Å²) in [6.07, 6.45) is 47.4. The Morgan fingerprint density at radius 2 is 1.02 bits per heavy atom. The molecule has 0 spiro atoms. The highest BCUT2D eigenvalue weighted by atomic mass is 31.2. The Balaban J connectivity index is 4.30. The second-order valence-corrected chi connectivity index (χ2v) is 15.6. The van der Waals surface area contributed by atoms with Crippen LogP contribution in [0.4, 0.5) is 0 Å². The zero-order chi connectivity index (χ0) is 38.2. The van der Waals surface area contributed by atoms with Gasteiger partial charge in [0.15, 0.2) is 0 Å². The van der Waals surface area contributed by atoms with Gasteiger partial charge in [0.1, 0.15) is 0 Å². The minimum absolute atomic E-state index is 0.0693. The van der Waals surface area contributed by atoms with Gasteiger partial charge < -0.3 is 21.1 Å². The number of rotatable bonds is 39. The molecule has 52 heavy (non-hydrogen) atoms. The Kier molecular flexibility index (Phi) is 38.0. The molecule has 3 atom stereocenters. The molecule has 0 aliphatic rings.